The van der Waals surface area contributed by atoms with Crippen molar-refractivity contribution in [2.45, 2.75) is 229 Å². The van der Waals surface area contributed by atoms with Crippen molar-refractivity contribution < 1.29 is 116 Å². The Kier molecular flexibility index (Phi) is 23.0. The minimum Gasteiger partial charge on any atom is -0.507 e. The van der Waals surface area contributed by atoms with Crippen LogP contribution in [0.5, 0.6) is 46.0 Å². The highest BCUT2D eigenvalue weighted by Crippen LogP contribution is 2.69. The monoisotopic (exact) mass is 1880 g/mol. The third-order valence-electron chi connectivity index (χ3n) is 35.2. The molecule has 18 atom stereocenters. The molecule has 8 aromatic rings. The van der Waals surface area contributed by atoms with Gasteiger partial charge >= 0.3 is 47.8 Å². The molecule has 18 unspecified atom stereocenters. The highest BCUT2D eigenvalue weighted by Gasteiger charge is 2.65. The van der Waals surface area contributed by atoms with Gasteiger partial charge in [-0.15, -0.1) is 0 Å². The SMILES string of the molecule is COc1cc(O)c2cc1C(c1ccc(C(=O)OCC(=O)OC34CC5CC(CC(C)(C5)C3)C4)cc1)c1cc(c(OC)cc1O)C(c1ccc(C(=O)OCC(=O)OC34CC5CC(CC(C)(C5)C3)C4)cc1)c1cc(c(OC)cc1O)C(c1ccc(C(=O)OCC(=O)OC34CC5CC(CC(C)(C5)C3)C4C)cc1)c1cc(c(OC)cc1O)C2c1ccc(C(=O)OCC(=O)OC23CC4CC(CC(C)(C4)C2)C3C)cc1. The van der Waals surface area contributed by atoms with E-state index < -0.39 is 120 Å². The van der Waals surface area contributed by atoms with Gasteiger partial charge in [-0.3, -0.25) is 0 Å². The van der Waals surface area contributed by atoms with Crippen molar-refractivity contribution in [3.8, 4) is 46.0 Å². The van der Waals surface area contributed by atoms with E-state index in [2.05, 4.69) is 41.5 Å². The average molecular weight is 1880 g/mol. The van der Waals surface area contributed by atoms with Gasteiger partial charge in [0.1, 0.15) is 68.4 Å². The summed E-state index contributed by atoms with van der Waals surface area (Å²) in [5, 5.41) is 53.1. The van der Waals surface area contributed by atoms with Crippen LogP contribution in [0.3, 0.4) is 0 Å². The van der Waals surface area contributed by atoms with Gasteiger partial charge in [0.15, 0.2) is 26.4 Å². The molecule has 138 heavy (non-hydrogen) atoms. The Morgan fingerprint density at radius 1 is 0.283 bits per heavy atom. The summed E-state index contributed by atoms with van der Waals surface area (Å²) in [4.78, 5) is 114. The van der Waals surface area contributed by atoms with Gasteiger partial charge < -0.3 is 77.3 Å². The Bertz CT molecular complexity index is 5850. The van der Waals surface area contributed by atoms with E-state index in [-0.39, 0.29) is 124 Å². The second-order valence-electron chi connectivity index (χ2n) is 45.6. The summed E-state index contributed by atoms with van der Waals surface area (Å²) in [6.45, 7) is 10.9. The average Bonchev–Trinajstić information content (AvgIpc) is 0.713. The molecule has 24 heteroatoms. The fourth-order valence-electron chi connectivity index (χ4n) is 31.5. The summed E-state index contributed by atoms with van der Waals surface area (Å²) in [5.74, 6) is -7.60. The van der Waals surface area contributed by atoms with Crippen LogP contribution >= 0.6 is 0 Å². The Hall–Kier alpha value is -12.1. The first-order valence-electron chi connectivity index (χ1n) is 49.5. The van der Waals surface area contributed by atoms with Crippen molar-refractivity contribution in [1.29, 1.82) is 0 Å². The first kappa shape index (κ1) is 92.3. The number of phenolic OH excluding ortho intramolecular Hbond substituents is 4. The largest absolute Gasteiger partial charge is 0.507 e. The van der Waals surface area contributed by atoms with E-state index in [0.717, 1.165) is 141 Å². The second kappa shape index (κ2) is 34.5. The lowest BCUT2D eigenvalue weighted by atomic mass is 9.45. The van der Waals surface area contributed by atoms with E-state index >= 15 is 0 Å². The van der Waals surface area contributed by atoms with Crippen molar-refractivity contribution in [1.82, 2.24) is 0 Å². The predicted octanol–water partition coefficient (Wildman–Crippen LogP) is 20.3. The van der Waals surface area contributed by atoms with Crippen LogP contribution in [0, 0.1) is 80.8 Å². The van der Waals surface area contributed by atoms with Crippen molar-refractivity contribution in [2.24, 2.45) is 80.8 Å². The minimum absolute atomic E-state index is 0.0590. The number of aromatic hydroxyl groups is 4. The van der Waals surface area contributed by atoms with Crippen molar-refractivity contribution in [2.75, 3.05) is 54.9 Å². The van der Waals surface area contributed by atoms with Crippen molar-refractivity contribution in [3.63, 3.8) is 0 Å². The van der Waals surface area contributed by atoms with Crippen LogP contribution in [-0.4, -0.2) is 145 Å². The van der Waals surface area contributed by atoms with Crippen LogP contribution in [0.1, 0.15) is 315 Å². The first-order valence-corrected chi connectivity index (χ1v) is 49.5. The number of hydrogen-bond donors (Lipinski definition) is 4. The Balaban J connectivity index is 0.687. The smallest absolute Gasteiger partial charge is 0.344 e. The summed E-state index contributed by atoms with van der Waals surface area (Å²) < 4.78 is 74.3. The molecule has 0 amide bonds. The molecule has 25 rings (SSSR count). The van der Waals surface area contributed by atoms with Crippen LogP contribution in [0.4, 0.5) is 0 Å². The van der Waals surface area contributed by atoms with Crippen LogP contribution in [0.15, 0.2) is 146 Å². The molecule has 0 spiro atoms. The van der Waals surface area contributed by atoms with Gasteiger partial charge in [-0.05, 0) is 317 Å². The topological polar surface area (TPSA) is 328 Å². The fraction of sp³-hybridized carbons (Fsp3) is 0.509. The number of benzene rings is 8. The maximum atomic E-state index is 14.5. The van der Waals surface area contributed by atoms with E-state index in [1.54, 1.807) is 121 Å². The number of carbonyl (C=O) groups is 8. The lowest BCUT2D eigenvalue weighted by Gasteiger charge is -2.63. The van der Waals surface area contributed by atoms with Crippen molar-refractivity contribution in [3.05, 3.63) is 235 Å². The molecule has 8 aromatic carbocycles. The van der Waals surface area contributed by atoms with Gasteiger partial charge in [-0.25, -0.2) is 38.4 Å². The molecule has 0 heterocycles. The molecule has 0 aromatic heterocycles. The second-order valence-corrected chi connectivity index (χ2v) is 45.6. The van der Waals surface area contributed by atoms with Crippen molar-refractivity contribution >= 4 is 47.8 Å². The highest BCUT2D eigenvalue weighted by atomic mass is 16.6. The summed E-state index contributed by atoms with van der Waals surface area (Å²) in [6, 6.07) is 38.3. The number of phenols is 4. The molecule has 24 bridgehead atoms. The van der Waals surface area contributed by atoms with Gasteiger partial charge in [0, 0.05) is 92.4 Å². The zero-order valence-electron chi connectivity index (χ0n) is 80.3. The molecule has 4 N–H and O–H groups in total. The van der Waals surface area contributed by atoms with Gasteiger partial charge in [-0.2, -0.15) is 0 Å². The number of fused-ring (bicyclic) bond motifs is 8. The number of rotatable bonds is 24. The molecular weight excluding hydrogens is 1750 g/mol. The standard InChI is InChI=1S/C114H124O24/c1-61-77-29-67-43-109(5,51-77)59-113(61,49-67)137-97(121)55-133-105(125)75-23-15-71(16-24-75)101-81-33-84(92(128-8)37-89(81)117)99(69-11-19-73(20-12-69)103(123)131-53-95(119)135-111-45-63-27-64(46-111)40-107(3,39-63)57-111)79-31-83(91(127-7)35-87(79)115)100(70-13-21-74(22-14-70)104(124)132-54-96(120)136-112-47-65-28-66(48-112)42-108(4,41-65)58-112)80-32-85(93(129-9)36-88(80)116)102(82-34-86(101)94(130-10)38-90(82)118)72-17-25-76(26-18-72)106(126)134-56-98(122)138-114-50-68-30-78(62(114)2)52-110(6,44-68)60-114/h11-26,31-38,61-68,77-78,99-102,115-118H,27-30,39-60H2,1-10H3. The summed E-state index contributed by atoms with van der Waals surface area (Å²) in [7, 11) is 5.69. The quantitative estimate of drug-likeness (QED) is 0.0322. The van der Waals surface area contributed by atoms with Crippen LogP contribution in [-0.2, 0) is 57.1 Å². The van der Waals surface area contributed by atoms with Crippen LogP contribution < -0.4 is 18.9 Å². The van der Waals surface area contributed by atoms with E-state index in [4.69, 9.17) is 56.8 Å². The minimum atomic E-state index is -1.19. The lowest BCUT2D eigenvalue weighted by molar-refractivity contribution is -0.223. The third-order valence-corrected chi connectivity index (χ3v) is 35.2. The van der Waals surface area contributed by atoms with Gasteiger partial charge in [-0.1, -0.05) is 90.1 Å². The Labute approximate surface area is 804 Å². The molecule has 17 aliphatic rings. The zero-order valence-corrected chi connectivity index (χ0v) is 80.3. The maximum Gasteiger partial charge on any atom is 0.344 e. The number of hydrogen-bond acceptors (Lipinski definition) is 24. The molecule has 17 aliphatic carbocycles. The van der Waals surface area contributed by atoms with E-state index in [9.17, 15) is 58.8 Å². The molecule has 724 valence electrons. The third kappa shape index (κ3) is 16.8. The molecule has 16 saturated carbocycles. The summed E-state index contributed by atoms with van der Waals surface area (Å²) >= 11 is 0. The Morgan fingerprint density at radius 2 is 0.514 bits per heavy atom. The van der Waals surface area contributed by atoms with E-state index in [1.807, 2.05) is 0 Å². The molecule has 0 radical (unpaired) electrons. The number of ether oxygens (including phenoxy) is 12. The summed E-state index contributed by atoms with van der Waals surface area (Å²) in [6.07, 6.45) is 20.9. The van der Waals surface area contributed by atoms with Gasteiger partial charge in [0.05, 0.1) is 50.7 Å². The number of carbonyl (C=O) groups excluding carboxylic acids is 8. The first-order chi connectivity index (χ1) is 65.9. The van der Waals surface area contributed by atoms with Crippen LogP contribution in [0.2, 0.25) is 0 Å². The number of esters is 8. The molecular formula is C114H124O24. The predicted molar refractivity (Wildman–Crippen MR) is 505 cm³/mol. The Morgan fingerprint density at radius 3 is 0.746 bits per heavy atom. The fourth-order valence-corrected chi connectivity index (χ4v) is 31.5. The molecule has 0 aliphatic heterocycles. The van der Waals surface area contributed by atoms with Gasteiger partial charge in [0.25, 0.3) is 0 Å². The highest BCUT2D eigenvalue weighted by molar-refractivity contribution is 5.93. The number of methoxy groups -OCH3 is 4. The van der Waals surface area contributed by atoms with E-state index in [1.165, 1.54) is 52.7 Å². The molecule has 16 fully saturated rings. The molecule has 0 saturated heterocycles. The van der Waals surface area contributed by atoms with E-state index in [0.29, 0.717) is 91.9 Å². The normalized spacial score (nSPS) is 32.9. The molecule has 24 nitrogen and oxygen atoms in total. The lowest BCUT2D eigenvalue weighted by Crippen LogP contribution is -2.61. The maximum absolute atomic E-state index is 14.5. The van der Waals surface area contributed by atoms with Gasteiger partial charge in [0.2, 0.25) is 0 Å². The van der Waals surface area contributed by atoms with Crippen LogP contribution in [0.25, 0.3) is 0 Å². The zero-order chi connectivity index (χ0) is 96.4. The summed E-state index contributed by atoms with van der Waals surface area (Å²) in [5.41, 5.74) is 1.58.